The van der Waals surface area contributed by atoms with Gasteiger partial charge in [0.05, 0.1) is 12.5 Å². The van der Waals surface area contributed by atoms with Crippen molar-refractivity contribution in [3.8, 4) is 0 Å². The smallest absolute Gasteiger partial charge is 0.308 e. The first-order valence-corrected chi connectivity index (χ1v) is 4.40. The fourth-order valence-corrected chi connectivity index (χ4v) is 1.68. The molecule has 1 rings (SSSR count). The summed E-state index contributed by atoms with van der Waals surface area (Å²) in [5.74, 6) is 0.922. The Hall–Kier alpha value is -0.530. The molecule has 0 aromatic heterocycles. The van der Waals surface area contributed by atoms with Crippen LogP contribution in [0.2, 0.25) is 0 Å². The summed E-state index contributed by atoms with van der Waals surface area (Å²) < 4.78 is 4.94. The molecule has 0 heterocycles. The maximum absolute atomic E-state index is 11.2. The van der Waals surface area contributed by atoms with Gasteiger partial charge in [-0.05, 0) is 32.1 Å². The minimum atomic E-state index is 0.0110. The van der Waals surface area contributed by atoms with E-state index in [1.807, 2.05) is 6.92 Å². The van der Waals surface area contributed by atoms with E-state index in [0.717, 1.165) is 12.8 Å². The van der Waals surface area contributed by atoms with Gasteiger partial charge in [-0.2, -0.15) is 0 Å². The summed E-state index contributed by atoms with van der Waals surface area (Å²) in [4.78, 5) is 11.2. The molecule has 64 valence electrons. The number of carbonyl (C=O) groups is 1. The van der Waals surface area contributed by atoms with Crippen molar-refractivity contribution in [1.29, 1.82) is 0 Å². The zero-order chi connectivity index (χ0) is 8.27. The van der Waals surface area contributed by atoms with Crippen LogP contribution in [-0.2, 0) is 9.53 Å². The number of carbonyl (C=O) groups excluding carboxylic acids is 1. The van der Waals surface area contributed by atoms with Gasteiger partial charge in [-0.1, -0.05) is 6.92 Å². The maximum Gasteiger partial charge on any atom is 0.308 e. The second-order valence-electron chi connectivity index (χ2n) is 3.37. The number of hydrogen-bond acceptors (Lipinski definition) is 2. The third-order valence-electron chi connectivity index (χ3n) is 2.31. The van der Waals surface area contributed by atoms with Gasteiger partial charge in [0.15, 0.2) is 0 Å². The van der Waals surface area contributed by atoms with Crippen molar-refractivity contribution < 1.29 is 9.53 Å². The van der Waals surface area contributed by atoms with Crippen molar-refractivity contribution in [1.82, 2.24) is 0 Å². The van der Waals surface area contributed by atoms with E-state index in [4.69, 9.17) is 4.74 Å². The molecular weight excluding hydrogens is 140 g/mol. The summed E-state index contributed by atoms with van der Waals surface area (Å²) in [7, 11) is 0. The zero-order valence-electron chi connectivity index (χ0n) is 7.30. The molecule has 2 nitrogen and oxygen atoms in total. The van der Waals surface area contributed by atoms with Gasteiger partial charge in [-0.3, -0.25) is 4.79 Å². The van der Waals surface area contributed by atoms with Crippen LogP contribution in [-0.4, -0.2) is 12.6 Å². The molecule has 0 spiro atoms. The predicted molar refractivity (Wildman–Crippen MR) is 43.1 cm³/mol. The average molecular weight is 156 g/mol. The lowest BCUT2D eigenvalue weighted by atomic mass is 10.1. The Morgan fingerprint density at radius 3 is 2.73 bits per heavy atom. The number of ether oxygens (including phenoxy) is 1. The van der Waals surface area contributed by atoms with Gasteiger partial charge < -0.3 is 4.74 Å². The molecule has 1 fully saturated rings. The molecule has 0 saturated heterocycles. The van der Waals surface area contributed by atoms with Crippen LogP contribution < -0.4 is 0 Å². The van der Waals surface area contributed by atoms with E-state index < -0.39 is 0 Å². The zero-order valence-corrected chi connectivity index (χ0v) is 7.30. The molecule has 1 aliphatic carbocycles. The summed E-state index contributed by atoms with van der Waals surface area (Å²) >= 11 is 0. The molecule has 1 unspecified atom stereocenters. The Balaban J connectivity index is 2.31. The molecule has 0 radical (unpaired) electrons. The van der Waals surface area contributed by atoms with Crippen LogP contribution in [0.5, 0.6) is 0 Å². The lowest BCUT2D eigenvalue weighted by Crippen LogP contribution is -2.14. The Kier molecular flexibility index (Phi) is 2.92. The van der Waals surface area contributed by atoms with Crippen molar-refractivity contribution in [3.63, 3.8) is 0 Å². The van der Waals surface area contributed by atoms with E-state index in [0.29, 0.717) is 12.5 Å². The van der Waals surface area contributed by atoms with E-state index in [-0.39, 0.29) is 11.9 Å². The number of rotatable bonds is 2. The minimum Gasteiger partial charge on any atom is -0.466 e. The van der Waals surface area contributed by atoms with Crippen LogP contribution in [0.15, 0.2) is 0 Å². The van der Waals surface area contributed by atoms with Crippen LogP contribution in [0, 0.1) is 11.8 Å². The number of esters is 1. The Labute approximate surface area is 67.9 Å². The summed E-state index contributed by atoms with van der Waals surface area (Å²) in [5, 5.41) is 0. The van der Waals surface area contributed by atoms with Crippen molar-refractivity contribution in [3.05, 3.63) is 0 Å². The molecule has 0 aromatic rings. The quantitative estimate of drug-likeness (QED) is 0.571. The topological polar surface area (TPSA) is 26.3 Å². The van der Waals surface area contributed by atoms with Crippen molar-refractivity contribution >= 4 is 5.97 Å². The first kappa shape index (κ1) is 8.57. The molecular formula is C9H16O2. The second kappa shape index (κ2) is 3.74. The maximum atomic E-state index is 11.2. The summed E-state index contributed by atoms with van der Waals surface area (Å²) in [6, 6.07) is 0. The molecule has 1 saturated carbocycles. The van der Waals surface area contributed by atoms with E-state index in [1.54, 1.807) is 0 Å². The lowest BCUT2D eigenvalue weighted by Gasteiger charge is -2.07. The van der Waals surface area contributed by atoms with Crippen LogP contribution in [0.4, 0.5) is 0 Å². The minimum absolute atomic E-state index is 0.0110. The fraction of sp³-hybridized carbons (Fsp3) is 0.889. The fourth-order valence-electron chi connectivity index (χ4n) is 1.68. The highest BCUT2D eigenvalue weighted by molar-refractivity contribution is 5.72. The first-order valence-electron chi connectivity index (χ1n) is 4.40. The van der Waals surface area contributed by atoms with Gasteiger partial charge in [-0.15, -0.1) is 0 Å². The van der Waals surface area contributed by atoms with Crippen LogP contribution in [0.25, 0.3) is 0 Å². The third-order valence-corrected chi connectivity index (χ3v) is 2.31. The monoisotopic (exact) mass is 156 g/mol. The van der Waals surface area contributed by atoms with Gasteiger partial charge in [0.2, 0.25) is 0 Å². The normalized spacial score (nSPS) is 30.4. The van der Waals surface area contributed by atoms with E-state index in [2.05, 4.69) is 6.92 Å². The van der Waals surface area contributed by atoms with Crippen molar-refractivity contribution in [2.75, 3.05) is 6.61 Å². The molecule has 0 aliphatic heterocycles. The van der Waals surface area contributed by atoms with Crippen molar-refractivity contribution in [2.45, 2.75) is 33.1 Å². The van der Waals surface area contributed by atoms with Gasteiger partial charge in [-0.25, -0.2) is 0 Å². The van der Waals surface area contributed by atoms with Crippen molar-refractivity contribution in [2.24, 2.45) is 11.8 Å². The molecule has 1 aliphatic rings. The molecule has 11 heavy (non-hydrogen) atoms. The first-order chi connectivity index (χ1) is 5.24. The van der Waals surface area contributed by atoms with Crippen LogP contribution in [0.3, 0.4) is 0 Å². The Morgan fingerprint density at radius 1 is 1.55 bits per heavy atom. The highest BCUT2D eigenvalue weighted by atomic mass is 16.5. The lowest BCUT2D eigenvalue weighted by molar-refractivity contribution is -0.147. The SMILES string of the molecule is CCOC(=O)C1CC[C@@H](C)C1. The third kappa shape index (κ3) is 2.21. The molecule has 2 atom stereocenters. The van der Waals surface area contributed by atoms with Crippen LogP contribution >= 0.6 is 0 Å². The van der Waals surface area contributed by atoms with E-state index in [1.165, 1.54) is 6.42 Å². The standard InChI is InChI=1S/C9H16O2/c1-3-11-9(10)8-5-4-7(2)6-8/h7-8H,3-6H2,1-2H3/t7-,8?/m1/s1. The van der Waals surface area contributed by atoms with E-state index >= 15 is 0 Å². The van der Waals surface area contributed by atoms with E-state index in [9.17, 15) is 4.79 Å². The Bertz CT molecular complexity index is 142. The van der Waals surface area contributed by atoms with Crippen LogP contribution in [0.1, 0.15) is 33.1 Å². The second-order valence-corrected chi connectivity index (χ2v) is 3.37. The Morgan fingerprint density at radius 2 is 2.27 bits per heavy atom. The van der Waals surface area contributed by atoms with Gasteiger partial charge in [0.1, 0.15) is 0 Å². The summed E-state index contributed by atoms with van der Waals surface area (Å²) in [6.45, 7) is 4.57. The predicted octanol–water partition coefficient (Wildman–Crippen LogP) is 1.99. The highest BCUT2D eigenvalue weighted by Gasteiger charge is 2.27. The largest absolute Gasteiger partial charge is 0.466 e. The molecule has 0 amide bonds. The highest BCUT2D eigenvalue weighted by Crippen LogP contribution is 2.30. The molecule has 0 aromatic carbocycles. The van der Waals surface area contributed by atoms with Gasteiger partial charge in [0, 0.05) is 0 Å². The molecule has 2 heteroatoms. The average Bonchev–Trinajstić information content (AvgIpc) is 2.36. The summed E-state index contributed by atoms with van der Waals surface area (Å²) in [5.41, 5.74) is 0. The molecule has 0 bridgehead atoms. The molecule has 0 N–H and O–H groups in total. The van der Waals surface area contributed by atoms with Gasteiger partial charge in [0.25, 0.3) is 0 Å². The number of hydrogen-bond donors (Lipinski definition) is 0. The van der Waals surface area contributed by atoms with Gasteiger partial charge >= 0.3 is 5.97 Å². The summed E-state index contributed by atoms with van der Waals surface area (Å²) in [6.07, 6.45) is 3.24.